The number of carbonyl (C=O) groups is 2. The van der Waals surface area contributed by atoms with E-state index in [1.54, 1.807) is 18.2 Å². The second-order valence-electron chi connectivity index (χ2n) is 4.85. The molecule has 1 aromatic carbocycles. The van der Waals surface area contributed by atoms with Crippen LogP contribution in [0.25, 0.3) is 0 Å². The van der Waals surface area contributed by atoms with Crippen molar-refractivity contribution in [2.24, 2.45) is 0 Å². The van der Waals surface area contributed by atoms with Crippen molar-refractivity contribution in [2.75, 3.05) is 27.4 Å². The van der Waals surface area contributed by atoms with Gasteiger partial charge >= 0.3 is 0 Å². The summed E-state index contributed by atoms with van der Waals surface area (Å²) in [5, 5.41) is 9.98. The number of nitrogens with zero attached hydrogens (tertiary/aromatic N) is 1. The molecule has 7 heteroatoms. The zero-order valence-electron chi connectivity index (χ0n) is 12.6. The van der Waals surface area contributed by atoms with Crippen LogP contribution < -0.4 is 14.2 Å². The van der Waals surface area contributed by atoms with Gasteiger partial charge in [-0.1, -0.05) is 6.07 Å². The Hall–Kier alpha value is -2.28. The van der Waals surface area contributed by atoms with Crippen LogP contribution in [0.1, 0.15) is 12.8 Å². The minimum atomic E-state index is -0.986. The van der Waals surface area contributed by atoms with Crippen LogP contribution in [0.15, 0.2) is 18.2 Å². The number of aliphatic hydroxyl groups excluding tert-OH is 1. The van der Waals surface area contributed by atoms with E-state index in [-0.39, 0.29) is 37.8 Å². The molecule has 0 spiro atoms. The highest BCUT2D eigenvalue weighted by Gasteiger charge is 2.30. The number of aliphatic hydroxyl groups is 1. The predicted octanol–water partition coefficient (Wildman–Crippen LogP) is 0.592. The summed E-state index contributed by atoms with van der Waals surface area (Å²) < 4.78 is 15.9. The summed E-state index contributed by atoms with van der Waals surface area (Å²) in [7, 11) is 3.00. The molecule has 0 bridgehead atoms. The van der Waals surface area contributed by atoms with Gasteiger partial charge in [0.15, 0.2) is 11.5 Å². The molecule has 0 aliphatic carbocycles. The number of hydrogen-bond donors (Lipinski definition) is 1. The number of imide groups is 1. The summed E-state index contributed by atoms with van der Waals surface area (Å²) in [6.45, 7) is -0.164. The van der Waals surface area contributed by atoms with Crippen LogP contribution in [0, 0.1) is 0 Å². The number of likely N-dealkylation sites (tertiary alicyclic amines) is 1. The average molecular weight is 309 g/mol. The molecule has 1 aliphatic heterocycles. The van der Waals surface area contributed by atoms with Gasteiger partial charge in [0.25, 0.3) is 0 Å². The van der Waals surface area contributed by atoms with Crippen LogP contribution in [0.2, 0.25) is 0 Å². The maximum atomic E-state index is 11.5. The molecule has 7 nitrogen and oxygen atoms in total. The highest BCUT2D eigenvalue weighted by Crippen LogP contribution is 2.36. The van der Waals surface area contributed by atoms with Gasteiger partial charge in [0.05, 0.1) is 20.8 Å². The second kappa shape index (κ2) is 7.13. The molecule has 1 N–H and O–H groups in total. The van der Waals surface area contributed by atoms with E-state index in [4.69, 9.17) is 14.2 Å². The summed E-state index contributed by atoms with van der Waals surface area (Å²) in [5.74, 6) is 0.781. The lowest BCUT2D eigenvalue weighted by atomic mass is 10.3. The van der Waals surface area contributed by atoms with E-state index in [1.165, 1.54) is 14.2 Å². The van der Waals surface area contributed by atoms with Crippen molar-refractivity contribution in [3.8, 4) is 17.2 Å². The maximum Gasteiger partial charge on any atom is 0.229 e. The first-order chi connectivity index (χ1) is 10.6. The van der Waals surface area contributed by atoms with E-state index in [9.17, 15) is 14.7 Å². The lowest BCUT2D eigenvalue weighted by Crippen LogP contribution is -2.38. The van der Waals surface area contributed by atoms with E-state index in [2.05, 4.69) is 0 Å². The lowest BCUT2D eigenvalue weighted by Gasteiger charge is -2.20. The van der Waals surface area contributed by atoms with E-state index in [0.29, 0.717) is 17.2 Å². The fourth-order valence-corrected chi connectivity index (χ4v) is 2.23. The predicted molar refractivity (Wildman–Crippen MR) is 77.0 cm³/mol. The standard InChI is InChI=1S/C15H19NO6/c1-20-11-4-3-5-12(21-2)15(11)22-9-10(17)8-16-13(18)6-7-14(16)19/h3-5,10,17H,6-9H2,1-2H3. The van der Waals surface area contributed by atoms with E-state index < -0.39 is 6.10 Å². The van der Waals surface area contributed by atoms with Gasteiger partial charge in [-0.2, -0.15) is 0 Å². The molecule has 0 saturated carbocycles. The lowest BCUT2D eigenvalue weighted by molar-refractivity contribution is -0.140. The monoisotopic (exact) mass is 309 g/mol. The molecule has 1 aliphatic rings. The van der Waals surface area contributed by atoms with Crippen LogP contribution in [0.3, 0.4) is 0 Å². The number of benzene rings is 1. The number of carbonyl (C=O) groups excluding carboxylic acids is 2. The Labute approximate surface area is 128 Å². The first-order valence-corrected chi connectivity index (χ1v) is 6.92. The fraction of sp³-hybridized carbons (Fsp3) is 0.467. The number of ether oxygens (including phenoxy) is 3. The average Bonchev–Trinajstić information content (AvgIpc) is 2.84. The Morgan fingerprint density at radius 3 is 2.18 bits per heavy atom. The third kappa shape index (κ3) is 3.48. The third-order valence-corrected chi connectivity index (χ3v) is 3.35. The van der Waals surface area contributed by atoms with Crippen molar-refractivity contribution < 1.29 is 28.9 Å². The van der Waals surface area contributed by atoms with Gasteiger partial charge in [-0.25, -0.2) is 0 Å². The quantitative estimate of drug-likeness (QED) is 0.742. The summed E-state index contributed by atoms with van der Waals surface area (Å²) in [5.41, 5.74) is 0. The number of hydrogen-bond acceptors (Lipinski definition) is 6. The van der Waals surface area contributed by atoms with Crippen LogP contribution in [0.5, 0.6) is 17.2 Å². The molecule has 0 radical (unpaired) electrons. The van der Waals surface area contributed by atoms with Gasteiger partial charge in [-0.3, -0.25) is 14.5 Å². The molecule has 120 valence electrons. The first kappa shape index (κ1) is 16.1. The van der Waals surface area contributed by atoms with Crippen molar-refractivity contribution in [2.45, 2.75) is 18.9 Å². The van der Waals surface area contributed by atoms with E-state index in [0.717, 1.165) is 4.90 Å². The molecular formula is C15H19NO6. The zero-order chi connectivity index (χ0) is 16.1. The van der Waals surface area contributed by atoms with Gasteiger partial charge in [0.1, 0.15) is 12.7 Å². The number of amides is 2. The van der Waals surface area contributed by atoms with Crippen LogP contribution >= 0.6 is 0 Å². The minimum absolute atomic E-state index is 0.0743. The van der Waals surface area contributed by atoms with Crippen molar-refractivity contribution in [3.63, 3.8) is 0 Å². The minimum Gasteiger partial charge on any atom is -0.493 e. The Morgan fingerprint density at radius 1 is 1.14 bits per heavy atom. The Morgan fingerprint density at radius 2 is 1.68 bits per heavy atom. The molecule has 1 saturated heterocycles. The number of rotatable bonds is 7. The fourth-order valence-electron chi connectivity index (χ4n) is 2.23. The molecule has 1 atom stereocenters. The normalized spacial score (nSPS) is 15.9. The van der Waals surface area contributed by atoms with Crippen LogP contribution in [0.4, 0.5) is 0 Å². The molecule has 1 aromatic rings. The highest BCUT2D eigenvalue weighted by atomic mass is 16.5. The molecule has 0 aromatic heterocycles. The zero-order valence-corrected chi connectivity index (χ0v) is 12.6. The van der Waals surface area contributed by atoms with Gasteiger partial charge in [-0.05, 0) is 12.1 Å². The molecule has 22 heavy (non-hydrogen) atoms. The molecule has 2 amide bonds. The van der Waals surface area contributed by atoms with Crippen molar-refractivity contribution >= 4 is 11.8 Å². The van der Waals surface area contributed by atoms with Crippen LogP contribution in [-0.4, -0.2) is 55.3 Å². The summed E-state index contributed by atoms with van der Waals surface area (Å²) >= 11 is 0. The van der Waals surface area contributed by atoms with Gasteiger partial charge in [-0.15, -0.1) is 0 Å². The Bertz CT molecular complexity index is 521. The van der Waals surface area contributed by atoms with Crippen molar-refractivity contribution in [1.29, 1.82) is 0 Å². The van der Waals surface area contributed by atoms with Gasteiger partial charge in [0, 0.05) is 12.8 Å². The summed E-state index contributed by atoms with van der Waals surface area (Å²) in [6.07, 6.45) is -0.583. The first-order valence-electron chi connectivity index (χ1n) is 6.92. The molecular weight excluding hydrogens is 290 g/mol. The van der Waals surface area contributed by atoms with Crippen molar-refractivity contribution in [1.82, 2.24) is 4.90 Å². The number of β-amino-alcohol motifs (C(OH)–C–C–N with tert-alkyl or cyclic N) is 1. The number of methoxy groups -OCH3 is 2. The second-order valence-corrected chi connectivity index (χ2v) is 4.85. The maximum absolute atomic E-state index is 11.5. The topological polar surface area (TPSA) is 85.3 Å². The molecule has 2 rings (SSSR count). The smallest absolute Gasteiger partial charge is 0.229 e. The molecule has 1 fully saturated rings. The highest BCUT2D eigenvalue weighted by molar-refractivity contribution is 6.01. The largest absolute Gasteiger partial charge is 0.493 e. The SMILES string of the molecule is COc1cccc(OC)c1OCC(O)CN1C(=O)CCC1=O. The summed E-state index contributed by atoms with van der Waals surface area (Å²) in [6, 6.07) is 5.16. The third-order valence-electron chi connectivity index (χ3n) is 3.35. The van der Waals surface area contributed by atoms with E-state index >= 15 is 0 Å². The Balaban J connectivity index is 1.98. The molecule has 1 unspecified atom stereocenters. The van der Waals surface area contributed by atoms with Crippen LogP contribution in [-0.2, 0) is 9.59 Å². The van der Waals surface area contributed by atoms with Crippen molar-refractivity contribution in [3.05, 3.63) is 18.2 Å². The molecule has 1 heterocycles. The van der Waals surface area contributed by atoms with Gasteiger partial charge in [0.2, 0.25) is 17.6 Å². The summed E-state index contributed by atoms with van der Waals surface area (Å²) in [4.78, 5) is 24.1. The van der Waals surface area contributed by atoms with Gasteiger partial charge < -0.3 is 19.3 Å². The number of para-hydroxylation sites is 1. The Kier molecular flexibility index (Phi) is 5.21. The van der Waals surface area contributed by atoms with E-state index in [1.807, 2.05) is 0 Å².